The van der Waals surface area contributed by atoms with Gasteiger partial charge in [-0.1, -0.05) is 0 Å². The number of aromatic nitrogens is 2. The van der Waals surface area contributed by atoms with E-state index in [0.29, 0.717) is 25.2 Å². The third-order valence-corrected chi connectivity index (χ3v) is 3.03. The van der Waals surface area contributed by atoms with Crippen molar-refractivity contribution in [3.05, 3.63) is 17.0 Å². The van der Waals surface area contributed by atoms with Gasteiger partial charge in [0, 0.05) is 31.3 Å². The fourth-order valence-corrected chi connectivity index (χ4v) is 2.08. The number of nitrogens with one attached hydrogen (secondary N) is 2. The predicted octanol–water partition coefficient (Wildman–Crippen LogP) is 1.06. The standard InChI is InChI=1S/C13H20N4O3/c1-13(2,3)20-12(19)17-6-5-9-8(7-17)10(16-15-9)11(18)14-4/h5-7H2,1-4H3,(H,14,18)(H,15,16). The number of hydrogen-bond donors (Lipinski definition) is 2. The fourth-order valence-electron chi connectivity index (χ4n) is 2.08. The summed E-state index contributed by atoms with van der Waals surface area (Å²) in [6, 6.07) is 0. The van der Waals surface area contributed by atoms with Gasteiger partial charge in [0.15, 0.2) is 5.69 Å². The summed E-state index contributed by atoms with van der Waals surface area (Å²) in [4.78, 5) is 25.4. The molecule has 110 valence electrons. The van der Waals surface area contributed by atoms with Crippen LogP contribution in [-0.2, 0) is 17.7 Å². The molecule has 1 aromatic rings. The van der Waals surface area contributed by atoms with Crippen LogP contribution >= 0.6 is 0 Å². The SMILES string of the molecule is CNC(=O)c1n[nH]c2c1CN(C(=O)OC(C)(C)C)CC2. The molecule has 2 rings (SSSR count). The van der Waals surface area contributed by atoms with Crippen LogP contribution in [0.4, 0.5) is 4.79 Å². The third-order valence-electron chi connectivity index (χ3n) is 3.03. The van der Waals surface area contributed by atoms with E-state index >= 15 is 0 Å². The molecule has 0 aromatic carbocycles. The van der Waals surface area contributed by atoms with Crippen molar-refractivity contribution >= 4 is 12.0 Å². The van der Waals surface area contributed by atoms with Crippen LogP contribution < -0.4 is 5.32 Å². The van der Waals surface area contributed by atoms with E-state index in [4.69, 9.17) is 4.74 Å². The topological polar surface area (TPSA) is 87.3 Å². The molecule has 1 aliphatic rings. The zero-order valence-electron chi connectivity index (χ0n) is 12.2. The van der Waals surface area contributed by atoms with E-state index < -0.39 is 5.60 Å². The highest BCUT2D eigenvalue weighted by molar-refractivity contribution is 5.93. The van der Waals surface area contributed by atoms with Gasteiger partial charge >= 0.3 is 6.09 Å². The Kier molecular flexibility index (Phi) is 3.69. The minimum Gasteiger partial charge on any atom is -0.444 e. The molecule has 0 spiro atoms. The van der Waals surface area contributed by atoms with E-state index in [-0.39, 0.29) is 12.0 Å². The van der Waals surface area contributed by atoms with Crippen LogP contribution in [0.2, 0.25) is 0 Å². The van der Waals surface area contributed by atoms with Crippen LogP contribution in [0, 0.1) is 0 Å². The van der Waals surface area contributed by atoms with Gasteiger partial charge in [-0.15, -0.1) is 0 Å². The van der Waals surface area contributed by atoms with Crippen LogP contribution in [0.25, 0.3) is 0 Å². The maximum Gasteiger partial charge on any atom is 0.410 e. The summed E-state index contributed by atoms with van der Waals surface area (Å²) in [5.41, 5.74) is 1.48. The molecule has 2 amide bonds. The Morgan fingerprint density at radius 2 is 2.10 bits per heavy atom. The first-order chi connectivity index (χ1) is 9.31. The number of carbonyl (C=O) groups excluding carboxylic acids is 2. The molecule has 7 nitrogen and oxygen atoms in total. The van der Waals surface area contributed by atoms with Gasteiger partial charge in [0.05, 0.1) is 6.54 Å². The number of aromatic amines is 1. The minimum atomic E-state index is -0.530. The maximum atomic E-state index is 12.1. The first-order valence-electron chi connectivity index (χ1n) is 6.58. The fraction of sp³-hybridized carbons (Fsp3) is 0.615. The Bertz CT molecular complexity index is 530. The summed E-state index contributed by atoms with van der Waals surface area (Å²) in [5, 5.41) is 9.42. The van der Waals surface area contributed by atoms with Gasteiger partial charge in [0.2, 0.25) is 0 Å². The van der Waals surface area contributed by atoms with Gasteiger partial charge < -0.3 is 15.0 Å². The zero-order valence-corrected chi connectivity index (χ0v) is 12.2. The first-order valence-corrected chi connectivity index (χ1v) is 6.58. The summed E-state index contributed by atoms with van der Waals surface area (Å²) < 4.78 is 5.35. The molecule has 0 radical (unpaired) electrons. The molecule has 0 fully saturated rings. The lowest BCUT2D eigenvalue weighted by molar-refractivity contribution is 0.0222. The van der Waals surface area contributed by atoms with E-state index in [1.807, 2.05) is 20.8 Å². The van der Waals surface area contributed by atoms with Gasteiger partial charge in [-0.2, -0.15) is 5.10 Å². The number of fused-ring (bicyclic) bond motifs is 1. The lowest BCUT2D eigenvalue weighted by atomic mass is 10.1. The third kappa shape index (κ3) is 2.92. The molecular weight excluding hydrogens is 260 g/mol. The van der Waals surface area contributed by atoms with Crippen molar-refractivity contribution in [2.45, 2.75) is 39.3 Å². The zero-order chi connectivity index (χ0) is 14.9. The van der Waals surface area contributed by atoms with E-state index in [1.54, 1.807) is 11.9 Å². The molecule has 1 aromatic heterocycles. The first kappa shape index (κ1) is 14.4. The molecule has 0 saturated carbocycles. The van der Waals surface area contributed by atoms with E-state index in [1.165, 1.54) is 0 Å². The normalized spacial score (nSPS) is 14.7. The minimum absolute atomic E-state index is 0.256. The number of ether oxygens (including phenoxy) is 1. The second kappa shape index (κ2) is 5.15. The Morgan fingerprint density at radius 1 is 1.40 bits per heavy atom. The molecule has 0 saturated heterocycles. The second-order valence-corrected chi connectivity index (χ2v) is 5.76. The number of carbonyl (C=O) groups is 2. The van der Waals surface area contributed by atoms with E-state index in [0.717, 1.165) is 11.3 Å². The molecule has 1 aliphatic heterocycles. The van der Waals surface area contributed by atoms with Crippen molar-refractivity contribution in [2.24, 2.45) is 0 Å². The maximum absolute atomic E-state index is 12.1. The number of hydrogen-bond acceptors (Lipinski definition) is 4. The summed E-state index contributed by atoms with van der Waals surface area (Å²) in [7, 11) is 1.55. The van der Waals surface area contributed by atoms with Crippen LogP contribution in [0.5, 0.6) is 0 Å². The van der Waals surface area contributed by atoms with Crippen molar-refractivity contribution < 1.29 is 14.3 Å². The predicted molar refractivity (Wildman–Crippen MR) is 72.3 cm³/mol. The van der Waals surface area contributed by atoms with Crippen molar-refractivity contribution in [2.75, 3.05) is 13.6 Å². The molecule has 2 heterocycles. The van der Waals surface area contributed by atoms with E-state index in [2.05, 4.69) is 15.5 Å². The number of amides is 2. The number of nitrogens with zero attached hydrogens (tertiary/aromatic N) is 2. The van der Waals surface area contributed by atoms with Crippen LogP contribution in [-0.4, -0.2) is 46.3 Å². The quantitative estimate of drug-likeness (QED) is 0.805. The molecule has 0 atom stereocenters. The Labute approximate surface area is 117 Å². The lowest BCUT2D eigenvalue weighted by Gasteiger charge is -2.30. The number of rotatable bonds is 1. The van der Waals surface area contributed by atoms with Crippen molar-refractivity contribution in [1.29, 1.82) is 0 Å². The van der Waals surface area contributed by atoms with Gasteiger partial charge in [0.25, 0.3) is 5.91 Å². The van der Waals surface area contributed by atoms with Gasteiger partial charge in [0.1, 0.15) is 5.60 Å². The lowest BCUT2D eigenvalue weighted by Crippen LogP contribution is -2.40. The average Bonchev–Trinajstić information content (AvgIpc) is 2.78. The highest BCUT2D eigenvalue weighted by Gasteiger charge is 2.29. The van der Waals surface area contributed by atoms with E-state index in [9.17, 15) is 9.59 Å². The average molecular weight is 280 g/mol. The van der Waals surface area contributed by atoms with Crippen LogP contribution in [0.3, 0.4) is 0 Å². The smallest absolute Gasteiger partial charge is 0.410 e. The molecule has 0 bridgehead atoms. The highest BCUT2D eigenvalue weighted by atomic mass is 16.6. The van der Waals surface area contributed by atoms with Crippen LogP contribution in [0.15, 0.2) is 0 Å². The number of H-pyrrole nitrogens is 1. The van der Waals surface area contributed by atoms with Crippen molar-refractivity contribution in [1.82, 2.24) is 20.4 Å². The summed E-state index contributed by atoms with van der Waals surface area (Å²) >= 11 is 0. The summed E-state index contributed by atoms with van der Waals surface area (Å²) in [5.74, 6) is -0.256. The van der Waals surface area contributed by atoms with Gasteiger partial charge in [-0.3, -0.25) is 9.89 Å². The Morgan fingerprint density at radius 3 is 2.70 bits per heavy atom. The molecule has 7 heteroatoms. The second-order valence-electron chi connectivity index (χ2n) is 5.76. The molecule has 2 N–H and O–H groups in total. The molecule has 0 unspecified atom stereocenters. The molecule has 20 heavy (non-hydrogen) atoms. The van der Waals surface area contributed by atoms with Gasteiger partial charge in [-0.25, -0.2) is 4.79 Å². The van der Waals surface area contributed by atoms with Crippen molar-refractivity contribution in [3.63, 3.8) is 0 Å². The molecule has 0 aliphatic carbocycles. The molecular formula is C13H20N4O3. The summed E-state index contributed by atoms with van der Waals surface area (Å²) in [6.07, 6.45) is 0.269. The Balaban J connectivity index is 2.15. The van der Waals surface area contributed by atoms with Crippen molar-refractivity contribution in [3.8, 4) is 0 Å². The Hall–Kier alpha value is -2.05. The van der Waals surface area contributed by atoms with Crippen LogP contribution in [0.1, 0.15) is 42.5 Å². The summed E-state index contributed by atoms with van der Waals surface area (Å²) in [6.45, 7) is 6.37. The highest BCUT2D eigenvalue weighted by Crippen LogP contribution is 2.22. The van der Waals surface area contributed by atoms with Gasteiger partial charge in [-0.05, 0) is 20.8 Å². The largest absolute Gasteiger partial charge is 0.444 e. The monoisotopic (exact) mass is 280 g/mol.